The number of benzene rings is 1. The third-order valence-electron chi connectivity index (χ3n) is 4.56. The van der Waals surface area contributed by atoms with Crippen LogP contribution in [0.15, 0.2) is 12.1 Å². The van der Waals surface area contributed by atoms with Gasteiger partial charge in [-0.25, -0.2) is 9.37 Å². The van der Waals surface area contributed by atoms with Crippen LogP contribution in [0.1, 0.15) is 37.6 Å². The molecule has 0 radical (unpaired) electrons. The van der Waals surface area contributed by atoms with Gasteiger partial charge in [-0.3, -0.25) is 0 Å². The fraction of sp³-hybridized carbons (Fsp3) is 0.500. The quantitative estimate of drug-likeness (QED) is 0.881. The zero-order valence-corrected chi connectivity index (χ0v) is 13.7. The first-order valence-corrected chi connectivity index (χ1v) is 8.25. The van der Waals surface area contributed by atoms with Crippen molar-refractivity contribution >= 4 is 10.9 Å². The Morgan fingerprint density at radius 1 is 1.38 bits per heavy atom. The van der Waals surface area contributed by atoms with Gasteiger partial charge in [0.1, 0.15) is 23.8 Å². The molecule has 6 heteroatoms. The summed E-state index contributed by atoms with van der Waals surface area (Å²) in [6, 6.07) is 5.65. The first kappa shape index (κ1) is 16.6. The molecule has 0 aliphatic heterocycles. The van der Waals surface area contributed by atoms with E-state index in [1.54, 1.807) is 0 Å². The monoisotopic (exact) mass is 329 g/mol. The van der Waals surface area contributed by atoms with Gasteiger partial charge in [-0.15, -0.1) is 0 Å². The average Bonchev–Trinajstić information content (AvgIpc) is 2.56. The molecule has 24 heavy (non-hydrogen) atoms. The van der Waals surface area contributed by atoms with Crippen LogP contribution in [-0.2, 0) is 12.8 Å². The molecular weight excluding hydrogens is 309 g/mol. The number of nitriles is 1. The molecule has 0 unspecified atom stereocenters. The topological polar surface area (TPSA) is 79.0 Å². The largest absolute Gasteiger partial charge is 0.475 e. The van der Waals surface area contributed by atoms with Crippen molar-refractivity contribution in [1.29, 1.82) is 5.26 Å². The van der Waals surface area contributed by atoms with Gasteiger partial charge in [0, 0.05) is 6.42 Å². The highest BCUT2D eigenvalue weighted by Gasteiger charge is 2.37. The number of aliphatic hydroxyl groups is 1. The third kappa shape index (κ3) is 3.04. The van der Waals surface area contributed by atoms with Crippen LogP contribution in [0.4, 0.5) is 4.39 Å². The van der Waals surface area contributed by atoms with Crippen LogP contribution in [0.25, 0.3) is 10.9 Å². The van der Waals surface area contributed by atoms with Gasteiger partial charge in [0.25, 0.3) is 0 Å². The Labute approximate surface area is 140 Å². The van der Waals surface area contributed by atoms with E-state index in [1.807, 2.05) is 13.0 Å². The molecule has 0 amide bonds. The van der Waals surface area contributed by atoms with Gasteiger partial charge < -0.3 is 9.84 Å². The fourth-order valence-electron chi connectivity index (χ4n) is 3.10. The Bertz CT molecular complexity index is 797. The second-order valence-corrected chi connectivity index (χ2v) is 6.27. The van der Waals surface area contributed by atoms with Gasteiger partial charge in [0.2, 0.25) is 5.88 Å². The van der Waals surface area contributed by atoms with Crippen LogP contribution in [0.5, 0.6) is 5.88 Å². The molecule has 3 rings (SSSR count). The van der Waals surface area contributed by atoms with E-state index in [4.69, 9.17) is 9.84 Å². The Hall–Kier alpha value is -2.26. The number of nitrogens with zero attached hydrogens (tertiary/aromatic N) is 3. The van der Waals surface area contributed by atoms with Crippen LogP contribution < -0.4 is 4.74 Å². The second-order valence-electron chi connectivity index (χ2n) is 6.27. The maximum Gasteiger partial charge on any atom is 0.224 e. The van der Waals surface area contributed by atoms with Gasteiger partial charge in [-0.1, -0.05) is 13.3 Å². The Morgan fingerprint density at radius 2 is 2.17 bits per heavy atom. The van der Waals surface area contributed by atoms with E-state index in [-0.39, 0.29) is 30.0 Å². The zero-order valence-electron chi connectivity index (χ0n) is 13.7. The average molecular weight is 329 g/mol. The molecule has 5 nitrogen and oxygen atoms in total. The van der Waals surface area contributed by atoms with E-state index in [1.165, 1.54) is 6.07 Å². The van der Waals surface area contributed by atoms with E-state index in [0.717, 1.165) is 24.8 Å². The van der Waals surface area contributed by atoms with Gasteiger partial charge >= 0.3 is 0 Å². The van der Waals surface area contributed by atoms with Crippen molar-refractivity contribution in [2.24, 2.45) is 5.41 Å². The van der Waals surface area contributed by atoms with E-state index in [9.17, 15) is 9.65 Å². The summed E-state index contributed by atoms with van der Waals surface area (Å²) < 4.78 is 20.1. The van der Waals surface area contributed by atoms with Crippen LogP contribution in [-0.4, -0.2) is 28.3 Å². The van der Waals surface area contributed by atoms with Crippen LogP contribution in [0.2, 0.25) is 0 Å². The number of aliphatic hydroxyl groups excluding tert-OH is 1. The molecule has 126 valence electrons. The summed E-state index contributed by atoms with van der Waals surface area (Å²) in [4.78, 5) is 8.57. The van der Waals surface area contributed by atoms with E-state index < -0.39 is 5.82 Å². The number of hydrogen-bond donors (Lipinski definition) is 1. The van der Waals surface area contributed by atoms with E-state index in [2.05, 4.69) is 16.0 Å². The summed E-state index contributed by atoms with van der Waals surface area (Å²) in [5.74, 6) is 0.349. The highest BCUT2D eigenvalue weighted by Crippen LogP contribution is 2.43. The smallest absolute Gasteiger partial charge is 0.224 e. The molecule has 1 saturated carbocycles. The summed E-state index contributed by atoms with van der Waals surface area (Å²) in [5.41, 5.74) is 0.595. The molecule has 2 aromatic rings. The number of aryl methyl sites for hydroxylation is 1. The van der Waals surface area contributed by atoms with Crippen LogP contribution in [0, 0.1) is 22.6 Å². The summed E-state index contributed by atoms with van der Waals surface area (Å²) in [6.07, 6.45) is 3.82. The third-order valence-corrected chi connectivity index (χ3v) is 4.56. The van der Waals surface area contributed by atoms with Crippen molar-refractivity contribution < 1.29 is 14.2 Å². The normalized spacial score (nSPS) is 15.8. The number of hydrogen-bond acceptors (Lipinski definition) is 5. The Kier molecular flexibility index (Phi) is 4.63. The van der Waals surface area contributed by atoms with Gasteiger partial charge in [0.05, 0.1) is 23.5 Å². The van der Waals surface area contributed by atoms with E-state index in [0.29, 0.717) is 24.1 Å². The number of fused-ring (bicyclic) bond motifs is 1. The van der Waals surface area contributed by atoms with Crippen molar-refractivity contribution in [2.45, 2.75) is 39.0 Å². The molecule has 1 aromatic heterocycles. The zero-order chi connectivity index (χ0) is 17.2. The molecule has 1 heterocycles. The lowest BCUT2D eigenvalue weighted by molar-refractivity contribution is 0.198. The summed E-state index contributed by atoms with van der Waals surface area (Å²) in [7, 11) is 0. The molecule has 1 N–H and O–H groups in total. The summed E-state index contributed by atoms with van der Waals surface area (Å²) in [6.45, 7) is 1.83. The summed E-state index contributed by atoms with van der Waals surface area (Å²) >= 11 is 0. The number of halogens is 1. The SMILES string of the molecule is CCc1nc(OCCO)c2cc(CC3(C#N)CCC3)cc(F)c2n1. The molecule has 0 spiro atoms. The fourth-order valence-corrected chi connectivity index (χ4v) is 3.10. The minimum atomic E-state index is -0.430. The summed E-state index contributed by atoms with van der Waals surface area (Å²) in [5, 5.41) is 18.9. The molecule has 0 bridgehead atoms. The molecule has 1 aromatic carbocycles. The number of rotatable bonds is 6. The molecule has 1 aliphatic carbocycles. The Morgan fingerprint density at radius 3 is 2.75 bits per heavy atom. The van der Waals surface area contributed by atoms with Crippen LogP contribution >= 0.6 is 0 Å². The van der Waals surface area contributed by atoms with E-state index >= 15 is 0 Å². The van der Waals surface area contributed by atoms with Gasteiger partial charge in [-0.05, 0) is 37.0 Å². The molecule has 1 fully saturated rings. The predicted molar refractivity (Wildman–Crippen MR) is 87.1 cm³/mol. The minimum absolute atomic E-state index is 0.0866. The van der Waals surface area contributed by atoms with Crippen molar-refractivity contribution in [3.63, 3.8) is 0 Å². The van der Waals surface area contributed by atoms with Gasteiger partial charge in [-0.2, -0.15) is 10.2 Å². The van der Waals surface area contributed by atoms with Gasteiger partial charge in [0.15, 0.2) is 0 Å². The number of aromatic nitrogens is 2. The lowest BCUT2D eigenvalue weighted by atomic mass is 9.66. The number of ether oxygens (including phenoxy) is 1. The Balaban J connectivity index is 2.06. The lowest BCUT2D eigenvalue weighted by Crippen LogP contribution is -2.29. The molecular formula is C18H20FN3O2. The predicted octanol–water partition coefficient (Wildman–Crippen LogP) is 2.94. The first-order valence-electron chi connectivity index (χ1n) is 8.25. The van der Waals surface area contributed by atoms with Crippen molar-refractivity contribution in [3.8, 4) is 11.9 Å². The molecule has 0 saturated heterocycles. The minimum Gasteiger partial charge on any atom is -0.475 e. The van der Waals surface area contributed by atoms with Crippen molar-refractivity contribution in [3.05, 3.63) is 29.3 Å². The lowest BCUT2D eigenvalue weighted by Gasteiger charge is -2.35. The highest BCUT2D eigenvalue weighted by molar-refractivity contribution is 5.84. The maximum absolute atomic E-state index is 14.6. The van der Waals surface area contributed by atoms with Crippen molar-refractivity contribution in [2.75, 3.05) is 13.2 Å². The maximum atomic E-state index is 14.6. The first-order chi connectivity index (χ1) is 11.6. The standard InChI is InChI=1S/C18H20FN3O2/c1-2-15-21-16-13(17(22-15)24-7-6-23)8-12(9-14(16)19)10-18(11-20)4-3-5-18/h8-9,23H,2-7,10H2,1H3. The second kappa shape index (κ2) is 6.70. The van der Waals surface area contributed by atoms with Crippen molar-refractivity contribution in [1.82, 2.24) is 9.97 Å². The van der Waals surface area contributed by atoms with Crippen LogP contribution in [0.3, 0.4) is 0 Å². The molecule has 1 aliphatic rings. The highest BCUT2D eigenvalue weighted by atomic mass is 19.1. The molecule has 0 atom stereocenters.